The minimum absolute atomic E-state index is 0.0110. The van der Waals surface area contributed by atoms with Gasteiger partial charge in [0.05, 0.1) is 74.4 Å². The van der Waals surface area contributed by atoms with Crippen LogP contribution in [0.4, 0.5) is 17.6 Å². The largest absolute Gasteiger partial charge is 0.454 e. The molecule has 4 aliphatic heterocycles. The zero-order valence-corrected chi connectivity index (χ0v) is 72.1. The Labute approximate surface area is 708 Å². The summed E-state index contributed by atoms with van der Waals surface area (Å²) in [6, 6.07) is 23.7. The van der Waals surface area contributed by atoms with Gasteiger partial charge in [-0.25, -0.2) is 41.2 Å². The number of ether oxygens (including phenoxy) is 6. The van der Waals surface area contributed by atoms with Gasteiger partial charge in [0.25, 0.3) is 23.2 Å². The highest BCUT2D eigenvalue weighted by Crippen LogP contribution is 2.41. The molecule has 16 heterocycles. The van der Waals surface area contributed by atoms with Crippen molar-refractivity contribution < 1.29 is 38.0 Å². The topological polar surface area (TPSA) is 313 Å². The first-order valence-electron chi connectivity index (χ1n) is 38.7. The molecule has 0 saturated carbocycles. The van der Waals surface area contributed by atoms with Crippen molar-refractivity contribution in [3.8, 4) is 34.6 Å². The molecule has 3 N–H and O–H groups in total. The number of ketones is 2. The van der Waals surface area contributed by atoms with Crippen molar-refractivity contribution in [3.63, 3.8) is 0 Å². The summed E-state index contributed by atoms with van der Waals surface area (Å²) in [5.41, 5.74) is 15.5. The van der Waals surface area contributed by atoms with Gasteiger partial charge in [0.15, 0.2) is 45.0 Å². The van der Waals surface area contributed by atoms with E-state index in [-0.39, 0.29) is 48.6 Å². The monoisotopic (exact) mass is 1720 g/mol. The number of carbonyl (C=O) groups is 2. The Balaban J connectivity index is 0.000000141. The number of anilines is 3. The van der Waals surface area contributed by atoms with Gasteiger partial charge in [0, 0.05) is 166 Å². The van der Waals surface area contributed by atoms with E-state index in [0.29, 0.717) is 129 Å². The number of pyridine rings is 4. The average molecular weight is 1720 g/mol. The number of imidazole rings is 2. The van der Waals surface area contributed by atoms with E-state index >= 15 is 0 Å². The van der Waals surface area contributed by atoms with Crippen LogP contribution in [-0.2, 0) is 78.6 Å². The molecule has 0 unspecified atom stereocenters. The molecule has 12 aromatic heterocycles. The number of nitrogen functional groups attached to an aromatic ring is 1. The molecular formula is C84H95BrCl2N24O8. The molecule has 0 amide bonds. The lowest BCUT2D eigenvalue weighted by Gasteiger charge is -2.17. The lowest BCUT2D eigenvalue weighted by atomic mass is 10.0. The lowest BCUT2D eigenvalue weighted by Crippen LogP contribution is -2.22. The first kappa shape index (κ1) is 86.7. The molecule has 620 valence electrons. The number of carbonyl (C=O) groups excluding carboxylic acids is 2. The number of rotatable bonds is 20. The predicted molar refractivity (Wildman–Crippen MR) is 453 cm³/mol. The van der Waals surface area contributed by atoms with E-state index in [4.69, 9.17) is 98.9 Å². The third-order valence-corrected chi connectivity index (χ3v) is 22.1. The van der Waals surface area contributed by atoms with Crippen LogP contribution in [0.2, 0.25) is 10.0 Å². The number of hydrogen-bond donors (Lipinski definition) is 2. The summed E-state index contributed by atoms with van der Waals surface area (Å²) >= 11 is 16.5. The summed E-state index contributed by atoms with van der Waals surface area (Å²) in [4.78, 5) is 63.3. The zero-order chi connectivity index (χ0) is 85.4. The van der Waals surface area contributed by atoms with E-state index in [1.165, 1.54) is 26.2 Å². The fourth-order valence-electron chi connectivity index (χ4n) is 14.3. The summed E-state index contributed by atoms with van der Waals surface area (Å²) in [6.07, 6.45) is 10.4. The Morgan fingerprint density at radius 1 is 0.546 bits per heavy atom. The second-order valence-corrected chi connectivity index (χ2v) is 32.5. The maximum Gasteiger partial charge on any atom is 0.268 e. The van der Waals surface area contributed by atoms with Gasteiger partial charge >= 0.3 is 0 Å². The van der Waals surface area contributed by atoms with Gasteiger partial charge in [-0.05, 0) is 120 Å². The Morgan fingerprint density at radius 2 is 0.950 bits per heavy atom. The quantitative estimate of drug-likeness (QED) is 0.0670. The number of nitrogens with two attached hydrogens (primary N) is 1. The van der Waals surface area contributed by atoms with E-state index in [1.54, 1.807) is 51.9 Å². The first-order chi connectivity index (χ1) is 56.8. The Morgan fingerprint density at radius 3 is 1.39 bits per heavy atom. The van der Waals surface area contributed by atoms with Crippen molar-refractivity contribution in [3.05, 3.63) is 215 Å². The lowest BCUT2D eigenvalue weighted by molar-refractivity contribution is -0.117. The third-order valence-electron chi connectivity index (χ3n) is 20.7. The van der Waals surface area contributed by atoms with Crippen molar-refractivity contribution in [2.75, 3.05) is 63.9 Å². The fourth-order valence-corrected chi connectivity index (χ4v) is 15.2. The number of nitrogens with zero attached hydrogens (tertiary/aromatic N) is 22. The van der Waals surface area contributed by atoms with Crippen molar-refractivity contribution >= 4 is 90.6 Å². The van der Waals surface area contributed by atoms with Gasteiger partial charge < -0.3 is 77.1 Å². The van der Waals surface area contributed by atoms with Crippen molar-refractivity contribution in [2.45, 2.75) is 169 Å². The van der Waals surface area contributed by atoms with Gasteiger partial charge in [-0.1, -0.05) is 23.2 Å². The van der Waals surface area contributed by atoms with Crippen LogP contribution in [0.3, 0.4) is 0 Å². The van der Waals surface area contributed by atoms with Gasteiger partial charge in [0.2, 0.25) is 5.95 Å². The first-order valence-corrected chi connectivity index (χ1v) is 40.3. The van der Waals surface area contributed by atoms with Crippen LogP contribution < -0.4 is 20.5 Å². The maximum atomic E-state index is 11.5. The summed E-state index contributed by atoms with van der Waals surface area (Å²) in [5.74, 6) is 5.15. The molecule has 4 aliphatic rings. The summed E-state index contributed by atoms with van der Waals surface area (Å²) in [7, 11) is 3.65. The van der Waals surface area contributed by atoms with Crippen molar-refractivity contribution in [2.24, 2.45) is 14.1 Å². The van der Waals surface area contributed by atoms with Crippen LogP contribution in [0.15, 0.2) is 102 Å². The number of nitrogens with one attached hydrogen (secondary N) is 1. The Hall–Kier alpha value is -11.7. The second kappa shape index (κ2) is 37.1. The standard InChI is InChI=1S/C26H27ClN8O3.C17H22N4O.C15H12BrClN4O2.C15H18N4O.C11H16N4O/c1-15(36)10-16-11-18(6-8-29-16)38-19-13-30-24-23(22(19)27)34(5)25(32-24)31-21-12-20(26(2,3)28-4)35(33-21)17-7-9-37-14-17;1-12-6-7-13(2)20(12)16-10-15(17(3,4)18-5)21(19-16)14-8-9-22-11-14;1-8(22)5-9-6-10(3-4-18-9)23-11-7-19-14-13(12(11)17)21(2)15(16)20-14;1-11-4-5-12(2)18(11)15-8-14(9-16-3)19(17-15)13-6-7-20-10-13;1-11(2,13-3)9-6-10(12)14-15(9)8-4-5-16-7-8/h6,8,11-13,17H,7,9-10,14H2,1-3,5H3,(H,30,31,32,33);6-7,10,14H,8-9,11H2,1-4H3;3-4,6-7H,5H2,1-2H3;4-5,8,13H,6-7,9-10H2,1-2H3;6,8H,4-5,7H2,1-2H3,(H2,12,14)/t17-;14-;;13-;8-/m00.00/s1. The van der Waals surface area contributed by atoms with Gasteiger partial charge in [0.1, 0.15) is 72.7 Å². The molecule has 16 rings (SSSR count). The Bertz CT molecular complexity index is 5830. The number of aromatic nitrogens is 18. The third kappa shape index (κ3) is 19.7. The molecule has 0 aromatic carbocycles. The molecule has 0 spiro atoms. The van der Waals surface area contributed by atoms with Gasteiger partial charge in [-0.15, -0.1) is 0 Å². The van der Waals surface area contributed by atoms with Crippen LogP contribution in [0.1, 0.15) is 162 Å². The SMILES string of the molecule is CC(=O)Cc1cc(Oc2cnc3nc(Br)n(C)c3c2Cl)ccn1.[C-]#[N+]C(C)(C)c1cc(-n2c(C)ccc2C)nn1[C@H]1CCOC1.[C-]#[N+]C(C)(C)c1cc(N)nn1[C@H]1CCOC1.[C-]#[N+]C(C)(C)c1cc(Nc2nc3ncc(Oc4ccnc(CC(C)=O)c4)c(Cl)c3n2C)nn1[C@H]1CCOC1.[C-]#[N+]Cc1cc(-n2c(C)ccc2C)nn1[C@H]1CCOC1. The molecule has 4 saturated heterocycles. The molecule has 0 aliphatic carbocycles. The normalized spacial score (nSPS) is 16.4. The minimum Gasteiger partial charge on any atom is -0.454 e. The van der Waals surface area contributed by atoms with Crippen molar-refractivity contribution in [1.29, 1.82) is 0 Å². The van der Waals surface area contributed by atoms with E-state index in [9.17, 15) is 9.59 Å². The Kier molecular flexibility index (Phi) is 27.0. The molecule has 119 heavy (non-hydrogen) atoms. The van der Waals surface area contributed by atoms with Crippen LogP contribution >= 0.6 is 39.1 Å². The molecule has 32 nitrogen and oxygen atoms in total. The molecule has 0 radical (unpaired) electrons. The smallest absolute Gasteiger partial charge is 0.268 e. The maximum absolute atomic E-state index is 11.5. The number of Topliss-reactive ketones (excluding diaryl/α,β-unsaturated/α-hetero) is 2. The average Bonchev–Trinajstić information content (AvgIpc) is 1.63. The fraction of sp³-hybridized carbons (Fsp3) is 0.429. The summed E-state index contributed by atoms with van der Waals surface area (Å²) < 4.78 is 49.9. The van der Waals surface area contributed by atoms with Crippen LogP contribution in [-0.4, -0.2) is 152 Å². The van der Waals surface area contributed by atoms with Gasteiger partial charge in [-0.3, -0.25) is 38.3 Å². The van der Waals surface area contributed by atoms with E-state index in [1.807, 2.05) is 86.5 Å². The second-order valence-electron chi connectivity index (χ2n) is 31.0. The molecule has 12 aromatic rings. The zero-order valence-electron chi connectivity index (χ0n) is 69.0. The van der Waals surface area contributed by atoms with Crippen LogP contribution in [0.25, 0.3) is 53.3 Å². The molecule has 0 bridgehead atoms. The van der Waals surface area contributed by atoms with Crippen LogP contribution in [0.5, 0.6) is 23.0 Å². The molecule has 4 atom stereocenters. The highest BCUT2D eigenvalue weighted by molar-refractivity contribution is 9.10. The van der Waals surface area contributed by atoms with Gasteiger partial charge in [-0.2, -0.15) is 25.4 Å². The van der Waals surface area contributed by atoms with Crippen LogP contribution in [0, 0.1) is 54.0 Å². The highest BCUT2D eigenvalue weighted by Gasteiger charge is 2.39. The summed E-state index contributed by atoms with van der Waals surface area (Å²) in [5, 5.41) is 22.6. The molecule has 4 fully saturated rings. The van der Waals surface area contributed by atoms with E-state index in [0.717, 1.165) is 103 Å². The number of fused-ring (bicyclic) bond motifs is 2. The number of aryl methyl sites for hydroxylation is 6. The minimum atomic E-state index is -0.754. The number of halogens is 3. The van der Waals surface area contributed by atoms with Crippen molar-refractivity contribution in [1.82, 2.24) is 87.3 Å². The number of hydrogen-bond acceptors (Lipinski definition) is 20. The summed E-state index contributed by atoms with van der Waals surface area (Å²) in [6.45, 7) is 58.2. The highest BCUT2D eigenvalue weighted by atomic mass is 79.9. The molecule has 35 heteroatoms. The van der Waals surface area contributed by atoms with E-state index < -0.39 is 16.6 Å². The van der Waals surface area contributed by atoms with E-state index in [2.05, 4.69) is 143 Å². The predicted octanol–water partition coefficient (Wildman–Crippen LogP) is 16.4. The molecular weight excluding hydrogens is 1620 g/mol.